The smallest absolute Gasteiger partial charge is 0.237 e. The number of nitrogens with one attached hydrogen (secondary N) is 1. The minimum atomic E-state index is -3.41. The lowest BCUT2D eigenvalue weighted by Gasteiger charge is -2.22. The summed E-state index contributed by atoms with van der Waals surface area (Å²) < 4.78 is 25.9. The molecule has 0 fully saturated rings. The van der Waals surface area contributed by atoms with Gasteiger partial charge in [-0.2, -0.15) is 0 Å². The van der Waals surface area contributed by atoms with E-state index in [2.05, 4.69) is 4.72 Å². The first kappa shape index (κ1) is 14.0. The molecule has 0 saturated heterocycles. The van der Waals surface area contributed by atoms with Crippen LogP contribution in [0.15, 0.2) is 18.2 Å². The summed E-state index contributed by atoms with van der Waals surface area (Å²) in [6.45, 7) is 7.21. The SMILES string of the molecule is Cc1cccc(NS(=O)(=O)C(C)(C)C)c1CN. The van der Waals surface area contributed by atoms with Crippen molar-refractivity contribution in [1.29, 1.82) is 0 Å². The molecule has 0 radical (unpaired) electrons. The molecule has 1 aromatic carbocycles. The number of sulfonamides is 1. The van der Waals surface area contributed by atoms with Crippen molar-refractivity contribution in [1.82, 2.24) is 0 Å². The molecule has 0 aromatic heterocycles. The topological polar surface area (TPSA) is 72.2 Å². The summed E-state index contributed by atoms with van der Waals surface area (Å²) >= 11 is 0. The predicted molar refractivity (Wildman–Crippen MR) is 71.4 cm³/mol. The summed E-state index contributed by atoms with van der Waals surface area (Å²) in [4.78, 5) is 0. The third-order valence-electron chi connectivity index (χ3n) is 2.66. The molecule has 0 aliphatic carbocycles. The maximum Gasteiger partial charge on any atom is 0.237 e. The quantitative estimate of drug-likeness (QED) is 0.868. The first-order chi connectivity index (χ1) is 7.69. The van der Waals surface area contributed by atoms with Gasteiger partial charge in [-0.25, -0.2) is 8.42 Å². The molecule has 0 atom stereocenters. The van der Waals surface area contributed by atoms with E-state index in [1.165, 1.54) is 0 Å². The monoisotopic (exact) mass is 256 g/mol. The van der Waals surface area contributed by atoms with Crippen molar-refractivity contribution < 1.29 is 8.42 Å². The van der Waals surface area contributed by atoms with Gasteiger partial charge in [0.15, 0.2) is 0 Å². The zero-order valence-electron chi connectivity index (χ0n) is 10.7. The van der Waals surface area contributed by atoms with E-state index in [-0.39, 0.29) is 0 Å². The van der Waals surface area contributed by atoms with Gasteiger partial charge < -0.3 is 5.73 Å². The summed E-state index contributed by atoms with van der Waals surface area (Å²) in [6, 6.07) is 5.46. The van der Waals surface area contributed by atoms with Gasteiger partial charge in [0.1, 0.15) is 0 Å². The molecule has 96 valence electrons. The van der Waals surface area contributed by atoms with Gasteiger partial charge in [-0.05, 0) is 44.9 Å². The number of benzene rings is 1. The van der Waals surface area contributed by atoms with E-state index < -0.39 is 14.8 Å². The summed E-state index contributed by atoms with van der Waals surface area (Å²) in [6.07, 6.45) is 0. The minimum absolute atomic E-state index is 0.314. The fourth-order valence-electron chi connectivity index (χ4n) is 1.37. The summed E-state index contributed by atoms with van der Waals surface area (Å²) in [5.41, 5.74) is 8.04. The molecule has 1 aromatic rings. The Morgan fingerprint density at radius 2 is 1.88 bits per heavy atom. The van der Waals surface area contributed by atoms with Gasteiger partial charge in [0.25, 0.3) is 0 Å². The number of anilines is 1. The second-order valence-corrected chi connectivity index (χ2v) is 7.46. The molecule has 1 rings (SSSR count). The zero-order chi connectivity index (χ0) is 13.3. The second kappa shape index (κ2) is 4.66. The van der Waals surface area contributed by atoms with Crippen LogP contribution in [0.5, 0.6) is 0 Å². The highest BCUT2D eigenvalue weighted by Crippen LogP contribution is 2.24. The molecule has 0 saturated carbocycles. The molecular weight excluding hydrogens is 236 g/mol. The van der Waals surface area contributed by atoms with Crippen LogP contribution in [0.25, 0.3) is 0 Å². The minimum Gasteiger partial charge on any atom is -0.326 e. The van der Waals surface area contributed by atoms with Crippen molar-refractivity contribution in [2.45, 2.75) is 39.0 Å². The standard InChI is InChI=1S/C12H20N2O2S/c1-9-6-5-7-11(10(9)8-13)14-17(15,16)12(2,3)4/h5-7,14H,8,13H2,1-4H3. The Labute approximate surface area is 103 Å². The van der Waals surface area contributed by atoms with Crippen molar-refractivity contribution in [2.75, 3.05) is 4.72 Å². The van der Waals surface area contributed by atoms with E-state index in [4.69, 9.17) is 5.73 Å². The lowest BCUT2D eigenvalue weighted by molar-refractivity contribution is 0.566. The molecule has 0 bridgehead atoms. The molecule has 0 aliphatic rings. The van der Waals surface area contributed by atoms with Gasteiger partial charge in [-0.3, -0.25) is 4.72 Å². The number of aryl methyl sites for hydroxylation is 1. The van der Waals surface area contributed by atoms with Gasteiger partial charge >= 0.3 is 0 Å². The van der Waals surface area contributed by atoms with Crippen molar-refractivity contribution in [3.63, 3.8) is 0 Å². The highest BCUT2D eigenvalue weighted by Gasteiger charge is 2.29. The van der Waals surface area contributed by atoms with E-state index in [0.717, 1.165) is 11.1 Å². The molecule has 0 amide bonds. The fraction of sp³-hybridized carbons (Fsp3) is 0.500. The highest BCUT2D eigenvalue weighted by atomic mass is 32.2. The molecule has 5 heteroatoms. The lowest BCUT2D eigenvalue weighted by Crippen LogP contribution is -2.34. The first-order valence-corrected chi connectivity index (χ1v) is 6.98. The van der Waals surface area contributed by atoms with Crippen LogP contribution in [0.4, 0.5) is 5.69 Å². The van der Waals surface area contributed by atoms with E-state index in [0.29, 0.717) is 12.2 Å². The van der Waals surface area contributed by atoms with Gasteiger partial charge in [-0.1, -0.05) is 12.1 Å². The predicted octanol–water partition coefficient (Wildman–Crippen LogP) is 1.99. The second-order valence-electron chi connectivity index (χ2n) is 5.02. The van der Waals surface area contributed by atoms with Crippen LogP contribution >= 0.6 is 0 Å². The van der Waals surface area contributed by atoms with E-state index in [1.54, 1.807) is 26.8 Å². The number of hydrogen-bond donors (Lipinski definition) is 2. The maximum atomic E-state index is 12.0. The zero-order valence-corrected chi connectivity index (χ0v) is 11.6. The van der Waals surface area contributed by atoms with Crippen LogP contribution in [-0.4, -0.2) is 13.2 Å². The summed E-state index contributed by atoms with van der Waals surface area (Å²) in [5.74, 6) is 0. The highest BCUT2D eigenvalue weighted by molar-refractivity contribution is 7.94. The van der Waals surface area contributed by atoms with Crippen molar-refractivity contribution >= 4 is 15.7 Å². The molecule has 3 N–H and O–H groups in total. The lowest BCUT2D eigenvalue weighted by atomic mass is 10.1. The number of nitrogens with two attached hydrogens (primary N) is 1. The normalized spacial score (nSPS) is 12.5. The van der Waals surface area contributed by atoms with E-state index in [1.807, 2.05) is 19.1 Å². The van der Waals surface area contributed by atoms with E-state index in [9.17, 15) is 8.42 Å². The average Bonchev–Trinajstić information content (AvgIpc) is 2.15. The maximum absolute atomic E-state index is 12.0. The fourth-order valence-corrected chi connectivity index (χ4v) is 2.15. The van der Waals surface area contributed by atoms with Gasteiger partial charge in [0.05, 0.1) is 10.4 Å². The summed E-state index contributed by atoms with van der Waals surface area (Å²) in [5, 5.41) is 0. The van der Waals surface area contributed by atoms with Crippen molar-refractivity contribution in [3.05, 3.63) is 29.3 Å². The van der Waals surface area contributed by atoms with Crippen LogP contribution in [0.2, 0.25) is 0 Å². The third kappa shape index (κ3) is 2.98. The molecular formula is C12H20N2O2S. The van der Waals surface area contributed by atoms with Gasteiger partial charge in [0, 0.05) is 6.54 Å². The molecule has 0 heterocycles. The third-order valence-corrected chi connectivity index (χ3v) is 4.77. The molecule has 4 nitrogen and oxygen atoms in total. The van der Waals surface area contributed by atoms with Crippen molar-refractivity contribution in [2.24, 2.45) is 5.73 Å². The largest absolute Gasteiger partial charge is 0.326 e. The van der Waals surface area contributed by atoms with Gasteiger partial charge in [0.2, 0.25) is 10.0 Å². The molecule has 0 aliphatic heterocycles. The Bertz CT molecular complexity index is 502. The Kier molecular flexibility index (Phi) is 3.84. The summed E-state index contributed by atoms with van der Waals surface area (Å²) in [7, 11) is -3.41. The first-order valence-electron chi connectivity index (χ1n) is 5.50. The van der Waals surface area contributed by atoms with Crippen LogP contribution < -0.4 is 10.5 Å². The van der Waals surface area contributed by atoms with Crippen LogP contribution in [0.1, 0.15) is 31.9 Å². The Morgan fingerprint density at radius 1 is 1.29 bits per heavy atom. The Balaban J connectivity index is 3.17. The number of rotatable bonds is 3. The molecule has 0 unspecified atom stereocenters. The number of hydrogen-bond acceptors (Lipinski definition) is 3. The van der Waals surface area contributed by atoms with Crippen molar-refractivity contribution in [3.8, 4) is 0 Å². The van der Waals surface area contributed by atoms with Crippen LogP contribution in [-0.2, 0) is 16.6 Å². The Hall–Kier alpha value is -1.07. The van der Waals surface area contributed by atoms with Crippen LogP contribution in [0, 0.1) is 6.92 Å². The van der Waals surface area contributed by atoms with Gasteiger partial charge in [-0.15, -0.1) is 0 Å². The molecule has 17 heavy (non-hydrogen) atoms. The Morgan fingerprint density at radius 3 is 2.35 bits per heavy atom. The molecule has 0 spiro atoms. The average molecular weight is 256 g/mol. The van der Waals surface area contributed by atoms with Crippen LogP contribution in [0.3, 0.4) is 0 Å². The van der Waals surface area contributed by atoms with E-state index >= 15 is 0 Å².